The standard InChI is InChI=1S/C19H15F2N3OS/c20-14-8-4-5-9-16(14)23-19(26)24-17-10-18(22-11-15(17)21)25-12-13-6-2-1-3-7-13/h1-11H,12H2,(H2,22,23,24,26). The maximum atomic E-state index is 14.0. The van der Waals surface area contributed by atoms with Crippen molar-refractivity contribution < 1.29 is 13.5 Å². The largest absolute Gasteiger partial charge is 0.473 e. The zero-order valence-corrected chi connectivity index (χ0v) is 14.4. The molecule has 1 heterocycles. The number of para-hydroxylation sites is 1. The summed E-state index contributed by atoms with van der Waals surface area (Å²) in [5.74, 6) is -0.820. The van der Waals surface area contributed by atoms with Crippen molar-refractivity contribution in [1.29, 1.82) is 0 Å². The molecule has 0 aliphatic carbocycles. The van der Waals surface area contributed by atoms with E-state index in [1.54, 1.807) is 12.1 Å². The van der Waals surface area contributed by atoms with Crippen LogP contribution in [0.15, 0.2) is 66.9 Å². The fraction of sp³-hybridized carbons (Fsp3) is 0.0526. The molecule has 0 amide bonds. The second kappa shape index (κ2) is 8.35. The van der Waals surface area contributed by atoms with Crippen LogP contribution in [0.2, 0.25) is 0 Å². The van der Waals surface area contributed by atoms with Crippen molar-refractivity contribution in [2.75, 3.05) is 10.6 Å². The van der Waals surface area contributed by atoms with Gasteiger partial charge in [-0.3, -0.25) is 0 Å². The molecule has 0 fully saturated rings. The summed E-state index contributed by atoms with van der Waals surface area (Å²) < 4.78 is 33.2. The highest BCUT2D eigenvalue weighted by Gasteiger charge is 2.09. The summed E-state index contributed by atoms with van der Waals surface area (Å²) in [6.07, 6.45) is 1.04. The van der Waals surface area contributed by atoms with Crippen molar-refractivity contribution in [3.63, 3.8) is 0 Å². The first-order valence-electron chi connectivity index (χ1n) is 7.76. The van der Waals surface area contributed by atoms with Crippen molar-refractivity contribution in [3.05, 3.63) is 84.1 Å². The average molecular weight is 371 g/mol. The van der Waals surface area contributed by atoms with Crippen LogP contribution in [-0.4, -0.2) is 10.1 Å². The summed E-state index contributed by atoms with van der Waals surface area (Å²) in [6, 6.07) is 17.0. The summed E-state index contributed by atoms with van der Waals surface area (Å²) >= 11 is 5.10. The van der Waals surface area contributed by atoms with E-state index in [1.165, 1.54) is 18.2 Å². The van der Waals surface area contributed by atoms with Gasteiger partial charge in [0.25, 0.3) is 0 Å². The number of ether oxygens (including phenoxy) is 1. The minimum Gasteiger partial charge on any atom is -0.473 e. The number of thiocarbonyl (C=S) groups is 1. The molecule has 0 atom stereocenters. The Labute approximate surface area is 154 Å². The summed E-state index contributed by atoms with van der Waals surface area (Å²) in [6.45, 7) is 0.302. The summed E-state index contributed by atoms with van der Waals surface area (Å²) in [7, 11) is 0. The minimum atomic E-state index is -0.602. The SMILES string of the molecule is Fc1ccccc1NC(=S)Nc1cc(OCc2ccccc2)ncc1F. The molecule has 2 N–H and O–H groups in total. The second-order valence-electron chi connectivity index (χ2n) is 5.34. The first-order chi connectivity index (χ1) is 12.6. The Hall–Kier alpha value is -3.06. The third-order valence-corrected chi connectivity index (χ3v) is 3.63. The highest BCUT2D eigenvalue weighted by atomic mass is 32.1. The first-order valence-corrected chi connectivity index (χ1v) is 8.17. The van der Waals surface area contributed by atoms with E-state index in [2.05, 4.69) is 15.6 Å². The Bertz CT molecular complexity index is 906. The molecule has 3 aromatic rings. The number of rotatable bonds is 5. The summed E-state index contributed by atoms with van der Waals surface area (Å²) in [5, 5.41) is 5.41. The number of anilines is 2. The van der Waals surface area contributed by atoms with Gasteiger partial charge >= 0.3 is 0 Å². The quantitative estimate of drug-likeness (QED) is 0.634. The van der Waals surface area contributed by atoms with E-state index in [0.29, 0.717) is 6.61 Å². The third kappa shape index (κ3) is 4.73. The van der Waals surface area contributed by atoms with Gasteiger partial charge in [-0.2, -0.15) is 0 Å². The van der Waals surface area contributed by atoms with E-state index in [9.17, 15) is 8.78 Å². The molecule has 7 heteroatoms. The summed E-state index contributed by atoms with van der Waals surface area (Å²) in [5.41, 5.74) is 1.24. The lowest BCUT2D eigenvalue weighted by molar-refractivity contribution is 0.293. The van der Waals surface area contributed by atoms with Crippen molar-refractivity contribution in [2.24, 2.45) is 0 Å². The van der Waals surface area contributed by atoms with Crippen LogP contribution in [0.5, 0.6) is 5.88 Å². The number of aromatic nitrogens is 1. The number of pyridine rings is 1. The topological polar surface area (TPSA) is 46.2 Å². The number of hydrogen-bond donors (Lipinski definition) is 2. The van der Waals surface area contributed by atoms with Crippen molar-refractivity contribution >= 4 is 28.7 Å². The molecule has 3 rings (SSSR count). The first kappa shape index (κ1) is 17.8. The number of halogens is 2. The molecule has 0 bridgehead atoms. The molecule has 26 heavy (non-hydrogen) atoms. The molecule has 1 aromatic heterocycles. The molecule has 0 saturated heterocycles. The van der Waals surface area contributed by atoms with E-state index in [0.717, 1.165) is 11.8 Å². The van der Waals surface area contributed by atoms with E-state index < -0.39 is 11.6 Å². The van der Waals surface area contributed by atoms with Crippen molar-refractivity contribution in [1.82, 2.24) is 4.98 Å². The second-order valence-corrected chi connectivity index (χ2v) is 5.74. The predicted molar refractivity (Wildman–Crippen MR) is 101 cm³/mol. The molecule has 132 valence electrons. The minimum absolute atomic E-state index is 0.0502. The van der Waals surface area contributed by atoms with Gasteiger partial charge in [-0.1, -0.05) is 42.5 Å². The maximum absolute atomic E-state index is 14.0. The van der Waals surface area contributed by atoms with Gasteiger partial charge in [-0.15, -0.1) is 0 Å². The van der Waals surface area contributed by atoms with Crippen LogP contribution in [0.25, 0.3) is 0 Å². The molecular formula is C19H15F2N3OS. The lowest BCUT2D eigenvalue weighted by Gasteiger charge is -2.13. The number of hydrogen-bond acceptors (Lipinski definition) is 3. The highest BCUT2D eigenvalue weighted by molar-refractivity contribution is 7.80. The van der Waals surface area contributed by atoms with Gasteiger partial charge in [0.15, 0.2) is 10.9 Å². The van der Waals surface area contributed by atoms with Crippen LogP contribution >= 0.6 is 12.2 Å². The number of nitrogens with zero attached hydrogens (tertiary/aromatic N) is 1. The Morgan fingerprint density at radius 3 is 2.38 bits per heavy atom. The van der Waals surface area contributed by atoms with Gasteiger partial charge in [-0.05, 0) is 29.9 Å². The van der Waals surface area contributed by atoms with Gasteiger partial charge in [-0.25, -0.2) is 13.8 Å². The van der Waals surface area contributed by atoms with Gasteiger partial charge < -0.3 is 15.4 Å². The molecule has 0 unspecified atom stereocenters. The van der Waals surface area contributed by atoms with E-state index in [1.807, 2.05) is 30.3 Å². The average Bonchev–Trinajstić information content (AvgIpc) is 2.65. The molecule has 0 aliphatic heterocycles. The van der Waals surface area contributed by atoms with Gasteiger partial charge in [0.05, 0.1) is 17.6 Å². The lowest BCUT2D eigenvalue weighted by Crippen LogP contribution is -2.20. The molecule has 2 aromatic carbocycles. The van der Waals surface area contributed by atoms with Crippen LogP contribution in [0.3, 0.4) is 0 Å². The maximum Gasteiger partial charge on any atom is 0.215 e. The Balaban J connectivity index is 1.65. The molecule has 0 saturated carbocycles. The van der Waals surface area contributed by atoms with Crippen molar-refractivity contribution in [2.45, 2.75) is 6.61 Å². The lowest BCUT2D eigenvalue weighted by atomic mass is 10.2. The van der Waals surface area contributed by atoms with Crippen LogP contribution in [0.4, 0.5) is 20.2 Å². The number of nitrogens with one attached hydrogen (secondary N) is 2. The van der Waals surface area contributed by atoms with Gasteiger partial charge in [0.2, 0.25) is 5.88 Å². The fourth-order valence-electron chi connectivity index (χ4n) is 2.16. The Kier molecular flexibility index (Phi) is 5.70. The molecular weight excluding hydrogens is 356 g/mol. The highest BCUT2D eigenvalue weighted by Crippen LogP contribution is 2.20. The zero-order valence-electron chi connectivity index (χ0n) is 13.6. The Morgan fingerprint density at radius 1 is 0.923 bits per heavy atom. The molecule has 0 radical (unpaired) electrons. The van der Waals surface area contributed by atoms with Gasteiger partial charge in [0.1, 0.15) is 12.4 Å². The third-order valence-electron chi connectivity index (χ3n) is 3.43. The van der Waals surface area contributed by atoms with E-state index >= 15 is 0 Å². The zero-order chi connectivity index (χ0) is 18.4. The van der Waals surface area contributed by atoms with Gasteiger partial charge in [0, 0.05) is 6.07 Å². The molecule has 4 nitrogen and oxygen atoms in total. The van der Waals surface area contributed by atoms with Crippen LogP contribution in [-0.2, 0) is 6.61 Å². The van der Waals surface area contributed by atoms with Crippen LogP contribution in [0, 0.1) is 11.6 Å². The smallest absolute Gasteiger partial charge is 0.215 e. The summed E-state index contributed by atoms with van der Waals surface area (Å²) in [4.78, 5) is 3.90. The van der Waals surface area contributed by atoms with E-state index in [-0.39, 0.29) is 22.4 Å². The van der Waals surface area contributed by atoms with Crippen molar-refractivity contribution in [3.8, 4) is 5.88 Å². The predicted octanol–water partition coefficient (Wildman–Crippen LogP) is 4.75. The molecule has 0 spiro atoms. The monoisotopic (exact) mass is 371 g/mol. The number of benzene rings is 2. The molecule has 0 aliphatic rings. The van der Waals surface area contributed by atoms with Crippen LogP contribution in [0.1, 0.15) is 5.56 Å². The fourth-order valence-corrected chi connectivity index (χ4v) is 2.38. The Morgan fingerprint density at radius 2 is 1.62 bits per heavy atom. The normalized spacial score (nSPS) is 10.2. The van der Waals surface area contributed by atoms with Crippen LogP contribution < -0.4 is 15.4 Å². The van der Waals surface area contributed by atoms with E-state index in [4.69, 9.17) is 17.0 Å².